The van der Waals surface area contributed by atoms with Crippen molar-refractivity contribution in [1.82, 2.24) is 15.1 Å². The monoisotopic (exact) mass is 363 g/mol. The fourth-order valence-corrected chi connectivity index (χ4v) is 3.59. The topological polar surface area (TPSA) is 18.5 Å². The van der Waals surface area contributed by atoms with Crippen LogP contribution in [0.5, 0.6) is 0 Å². The van der Waals surface area contributed by atoms with Crippen LogP contribution in [-0.2, 0) is 12.7 Å². The van der Waals surface area contributed by atoms with Crippen molar-refractivity contribution in [3.05, 3.63) is 34.9 Å². The fraction of sp³-hybridized carbons (Fsp3) is 0.647. The van der Waals surface area contributed by atoms with Gasteiger partial charge in [-0.1, -0.05) is 6.07 Å². The molecule has 0 saturated carbocycles. The minimum absolute atomic E-state index is 0. The summed E-state index contributed by atoms with van der Waals surface area (Å²) in [6.07, 6.45) is -3.11. The molecular formula is C17H25ClF3N3. The molecule has 1 aromatic rings. The molecule has 2 heterocycles. The summed E-state index contributed by atoms with van der Waals surface area (Å²) in [5, 5.41) is 3.37. The van der Waals surface area contributed by atoms with Crippen LogP contribution in [0.4, 0.5) is 13.2 Å². The van der Waals surface area contributed by atoms with E-state index >= 15 is 0 Å². The molecule has 0 aliphatic carbocycles. The molecule has 1 aromatic carbocycles. The third-order valence-corrected chi connectivity index (χ3v) is 4.98. The van der Waals surface area contributed by atoms with Crippen LogP contribution < -0.4 is 5.32 Å². The Kier molecular flexibility index (Phi) is 6.53. The van der Waals surface area contributed by atoms with E-state index in [9.17, 15) is 13.2 Å². The van der Waals surface area contributed by atoms with Gasteiger partial charge in [-0.15, -0.1) is 12.4 Å². The lowest BCUT2D eigenvalue weighted by Crippen LogP contribution is -2.49. The van der Waals surface area contributed by atoms with Gasteiger partial charge in [-0.25, -0.2) is 0 Å². The first-order valence-corrected chi connectivity index (χ1v) is 8.27. The first kappa shape index (κ1) is 19.5. The van der Waals surface area contributed by atoms with Gasteiger partial charge in [-0.3, -0.25) is 9.80 Å². The predicted molar refractivity (Wildman–Crippen MR) is 91.6 cm³/mol. The summed E-state index contributed by atoms with van der Waals surface area (Å²) < 4.78 is 38.2. The van der Waals surface area contributed by atoms with Gasteiger partial charge >= 0.3 is 6.18 Å². The molecule has 3 nitrogen and oxygen atoms in total. The second-order valence-corrected chi connectivity index (χ2v) is 6.60. The molecule has 0 aromatic heterocycles. The normalized spacial score (nSPS) is 23.2. The molecule has 2 saturated heterocycles. The predicted octanol–water partition coefficient (Wildman–Crippen LogP) is 2.92. The van der Waals surface area contributed by atoms with Gasteiger partial charge in [0.05, 0.1) is 5.56 Å². The highest BCUT2D eigenvalue weighted by molar-refractivity contribution is 5.85. The van der Waals surface area contributed by atoms with Crippen molar-refractivity contribution >= 4 is 12.4 Å². The minimum atomic E-state index is -4.26. The first-order chi connectivity index (χ1) is 10.9. The molecule has 0 bridgehead atoms. The van der Waals surface area contributed by atoms with Crippen molar-refractivity contribution in [2.24, 2.45) is 0 Å². The highest BCUT2D eigenvalue weighted by Gasteiger charge is 2.31. The van der Waals surface area contributed by atoms with Crippen molar-refractivity contribution in [2.75, 3.05) is 39.3 Å². The van der Waals surface area contributed by atoms with Crippen molar-refractivity contribution in [3.8, 4) is 0 Å². The number of nitrogens with one attached hydrogen (secondary N) is 1. The average Bonchev–Trinajstić information content (AvgIpc) is 2.98. The largest absolute Gasteiger partial charge is 0.416 e. The molecule has 0 radical (unpaired) electrons. The average molecular weight is 364 g/mol. The van der Waals surface area contributed by atoms with Gasteiger partial charge in [0.1, 0.15) is 0 Å². The van der Waals surface area contributed by atoms with E-state index in [4.69, 9.17) is 0 Å². The van der Waals surface area contributed by atoms with Gasteiger partial charge in [-0.05, 0) is 36.6 Å². The van der Waals surface area contributed by atoms with E-state index in [0.717, 1.165) is 63.4 Å². The maximum Gasteiger partial charge on any atom is 0.416 e. The van der Waals surface area contributed by atoms with E-state index in [-0.39, 0.29) is 12.4 Å². The molecule has 1 unspecified atom stereocenters. The molecule has 1 atom stereocenters. The van der Waals surface area contributed by atoms with Crippen LogP contribution in [0.1, 0.15) is 23.1 Å². The Bertz CT molecular complexity index is 544. The number of rotatable bonds is 3. The zero-order valence-electron chi connectivity index (χ0n) is 13.9. The Labute approximate surface area is 147 Å². The number of hydrogen-bond donors (Lipinski definition) is 1. The molecule has 7 heteroatoms. The summed E-state index contributed by atoms with van der Waals surface area (Å²) in [7, 11) is 0. The zero-order chi connectivity index (χ0) is 16.4. The smallest absolute Gasteiger partial charge is 0.314 e. The summed E-state index contributed by atoms with van der Waals surface area (Å²) in [5.74, 6) is 0. The van der Waals surface area contributed by atoms with Crippen LogP contribution in [0.3, 0.4) is 0 Å². The Morgan fingerprint density at radius 1 is 1.17 bits per heavy atom. The molecule has 2 aliphatic rings. The summed E-state index contributed by atoms with van der Waals surface area (Å²) in [5.41, 5.74) is 1.17. The number of nitrogens with zero attached hydrogens (tertiary/aromatic N) is 2. The van der Waals surface area contributed by atoms with Gasteiger partial charge in [0, 0.05) is 51.9 Å². The summed E-state index contributed by atoms with van der Waals surface area (Å²) in [6.45, 7) is 8.84. The SMILES string of the molecule is Cc1cc(C(F)(F)F)ccc1CN1CCC(N2CCNCC2)C1.Cl. The van der Waals surface area contributed by atoms with Crippen molar-refractivity contribution in [3.63, 3.8) is 0 Å². The minimum Gasteiger partial charge on any atom is -0.314 e. The van der Waals surface area contributed by atoms with E-state index < -0.39 is 11.7 Å². The first-order valence-electron chi connectivity index (χ1n) is 8.27. The molecular weight excluding hydrogens is 339 g/mol. The van der Waals surface area contributed by atoms with E-state index in [2.05, 4.69) is 15.1 Å². The number of hydrogen-bond acceptors (Lipinski definition) is 3. The van der Waals surface area contributed by atoms with Gasteiger partial charge in [-0.2, -0.15) is 13.2 Å². The van der Waals surface area contributed by atoms with Crippen LogP contribution in [0.15, 0.2) is 18.2 Å². The Morgan fingerprint density at radius 3 is 2.50 bits per heavy atom. The lowest BCUT2D eigenvalue weighted by atomic mass is 10.0. The molecule has 136 valence electrons. The highest BCUT2D eigenvalue weighted by Crippen LogP contribution is 2.31. The Balaban J connectivity index is 0.00000208. The Morgan fingerprint density at radius 2 is 1.88 bits per heavy atom. The van der Waals surface area contributed by atoms with E-state index in [1.807, 2.05) is 0 Å². The van der Waals surface area contributed by atoms with E-state index in [0.29, 0.717) is 6.04 Å². The van der Waals surface area contributed by atoms with Gasteiger partial charge < -0.3 is 5.32 Å². The Hall–Kier alpha value is -0.820. The van der Waals surface area contributed by atoms with E-state index in [1.165, 1.54) is 12.1 Å². The zero-order valence-corrected chi connectivity index (χ0v) is 14.7. The van der Waals surface area contributed by atoms with Crippen LogP contribution >= 0.6 is 12.4 Å². The van der Waals surface area contributed by atoms with Crippen molar-refractivity contribution in [1.29, 1.82) is 0 Å². The lowest BCUT2D eigenvalue weighted by Gasteiger charge is -2.32. The molecule has 3 rings (SSSR count). The second kappa shape index (κ2) is 8.04. The van der Waals surface area contributed by atoms with Crippen LogP contribution in [-0.4, -0.2) is 55.1 Å². The van der Waals surface area contributed by atoms with Crippen LogP contribution in [0.25, 0.3) is 0 Å². The third kappa shape index (κ3) is 4.63. The summed E-state index contributed by atoms with van der Waals surface area (Å²) in [6, 6.07) is 4.69. The number of benzene rings is 1. The quantitative estimate of drug-likeness (QED) is 0.890. The third-order valence-electron chi connectivity index (χ3n) is 4.98. The number of halogens is 4. The van der Waals surface area contributed by atoms with Crippen LogP contribution in [0.2, 0.25) is 0 Å². The fourth-order valence-electron chi connectivity index (χ4n) is 3.59. The maximum atomic E-state index is 12.7. The number of alkyl halides is 3. The lowest BCUT2D eigenvalue weighted by molar-refractivity contribution is -0.137. The molecule has 2 aliphatic heterocycles. The summed E-state index contributed by atoms with van der Waals surface area (Å²) >= 11 is 0. The van der Waals surface area contributed by atoms with Crippen molar-refractivity contribution < 1.29 is 13.2 Å². The molecule has 2 fully saturated rings. The van der Waals surface area contributed by atoms with Crippen LogP contribution in [0, 0.1) is 6.92 Å². The standard InChI is InChI=1S/C17H24F3N3.ClH/c1-13-10-15(17(18,19)20)3-2-14(13)11-22-7-4-16(12-22)23-8-5-21-6-9-23;/h2-3,10,16,21H,4-9,11-12H2,1H3;1H. The summed E-state index contributed by atoms with van der Waals surface area (Å²) in [4.78, 5) is 4.90. The molecule has 0 amide bonds. The van der Waals surface area contributed by atoms with Crippen molar-refractivity contribution in [2.45, 2.75) is 32.1 Å². The molecule has 0 spiro atoms. The van der Waals surface area contributed by atoms with E-state index in [1.54, 1.807) is 13.0 Å². The maximum absolute atomic E-state index is 12.7. The highest BCUT2D eigenvalue weighted by atomic mass is 35.5. The second-order valence-electron chi connectivity index (χ2n) is 6.60. The molecule has 24 heavy (non-hydrogen) atoms. The van der Waals surface area contributed by atoms with Gasteiger partial charge in [0.15, 0.2) is 0 Å². The number of aryl methyl sites for hydroxylation is 1. The van der Waals surface area contributed by atoms with Gasteiger partial charge in [0.25, 0.3) is 0 Å². The molecule has 1 N–H and O–H groups in total. The van der Waals surface area contributed by atoms with Gasteiger partial charge in [0.2, 0.25) is 0 Å². The number of piperazine rings is 1. The number of likely N-dealkylation sites (tertiary alicyclic amines) is 1.